The number of hydrogen-bond acceptors (Lipinski definition) is 6. The van der Waals surface area contributed by atoms with Gasteiger partial charge in [-0.2, -0.15) is 5.10 Å². The van der Waals surface area contributed by atoms with Gasteiger partial charge in [0.25, 0.3) is 5.91 Å². The Balaban J connectivity index is 1.43. The molecule has 0 atom stereocenters. The van der Waals surface area contributed by atoms with Crippen LogP contribution in [0.15, 0.2) is 80.9 Å². The fourth-order valence-corrected chi connectivity index (χ4v) is 2.99. The van der Waals surface area contributed by atoms with E-state index in [4.69, 9.17) is 13.9 Å². The minimum absolute atomic E-state index is 0.167. The molecule has 1 heterocycles. The molecule has 7 nitrogen and oxygen atoms in total. The lowest BCUT2D eigenvalue weighted by atomic mass is 10.2. The van der Waals surface area contributed by atoms with Crippen molar-refractivity contribution < 1.29 is 23.5 Å². The van der Waals surface area contributed by atoms with Crippen molar-refractivity contribution in [2.24, 2.45) is 5.10 Å². The summed E-state index contributed by atoms with van der Waals surface area (Å²) in [6.45, 7) is 1.80. The van der Waals surface area contributed by atoms with E-state index in [1.165, 1.54) is 24.6 Å². The summed E-state index contributed by atoms with van der Waals surface area (Å²) in [6, 6.07) is 15.7. The number of nitrogens with zero attached hydrogens (tertiary/aromatic N) is 1. The van der Waals surface area contributed by atoms with Crippen molar-refractivity contribution in [2.45, 2.75) is 6.92 Å². The molecule has 3 rings (SSSR count). The summed E-state index contributed by atoms with van der Waals surface area (Å²) >= 11 is 3.39. The maximum Gasteiger partial charge on any atom is 0.336 e. The molecule has 0 unspecified atom stereocenters. The summed E-state index contributed by atoms with van der Waals surface area (Å²) in [5.74, 6) is 0.603. The van der Waals surface area contributed by atoms with Gasteiger partial charge < -0.3 is 13.9 Å². The van der Waals surface area contributed by atoms with Gasteiger partial charge in [0.15, 0.2) is 6.61 Å². The molecule has 0 aliphatic rings. The van der Waals surface area contributed by atoms with E-state index in [9.17, 15) is 9.59 Å². The maximum atomic E-state index is 11.9. The highest BCUT2D eigenvalue weighted by Crippen LogP contribution is 2.25. The largest absolute Gasteiger partial charge is 0.483 e. The van der Waals surface area contributed by atoms with Gasteiger partial charge >= 0.3 is 5.97 Å². The third-order valence-corrected chi connectivity index (χ3v) is 4.49. The van der Waals surface area contributed by atoms with Gasteiger partial charge in [0.05, 0.1) is 17.0 Å². The summed E-state index contributed by atoms with van der Waals surface area (Å²) in [5.41, 5.74) is 4.19. The van der Waals surface area contributed by atoms with Crippen LogP contribution in [0.25, 0.3) is 6.08 Å². The standard InChI is InChI=1S/C23H19BrN2O5/c1-16-4-10-21(20(24)13-16)30-15-22(27)26-25-14-17-5-7-19(8-6-17)31-23(28)11-9-18-3-2-12-29-18/h2-14H,15H2,1H3,(H,26,27)/b11-9-,25-14+. The maximum absolute atomic E-state index is 11.9. The van der Waals surface area contributed by atoms with Crippen molar-refractivity contribution in [3.05, 3.63) is 88.3 Å². The molecule has 158 valence electrons. The number of esters is 1. The topological polar surface area (TPSA) is 90.1 Å². The molecule has 2 aromatic carbocycles. The van der Waals surface area contributed by atoms with Crippen LogP contribution in [0.2, 0.25) is 0 Å². The fourth-order valence-electron chi connectivity index (χ4n) is 2.39. The molecule has 0 saturated heterocycles. The average molecular weight is 483 g/mol. The highest BCUT2D eigenvalue weighted by atomic mass is 79.9. The van der Waals surface area contributed by atoms with Crippen LogP contribution < -0.4 is 14.9 Å². The number of ether oxygens (including phenoxy) is 2. The quantitative estimate of drug-likeness (QED) is 0.168. The van der Waals surface area contributed by atoms with Crippen molar-refractivity contribution in [1.82, 2.24) is 5.43 Å². The Labute approximate surface area is 187 Å². The Morgan fingerprint density at radius 1 is 1.16 bits per heavy atom. The lowest BCUT2D eigenvalue weighted by Gasteiger charge is -2.07. The molecular weight excluding hydrogens is 464 g/mol. The van der Waals surface area contributed by atoms with Gasteiger partial charge in [0, 0.05) is 6.08 Å². The van der Waals surface area contributed by atoms with E-state index < -0.39 is 11.9 Å². The molecule has 1 aromatic heterocycles. The number of rotatable bonds is 8. The van der Waals surface area contributed by atoms with E-state index in [1.54, 1.807) is 42.5 Å². The molecule has 0 bridgehead atoms. The summed E-state index contributed by atoms with van der Waals surface area (Å²) in [6.07, 6.45) is 5.79. The second kappa shape index (κ2) is 10.9. The summed E-state index contributed by atoms with van der Waals surface area (Å²) in [5, 5.41) is 3.89. The number of hydrazone groups is 1. The van der Waals surface area contributed by atoms with Gasteiger partial charge in [-0.3, -0.25) is 4.79 Å². The Hall–Kier alpha value is -3.65. The Morgan fingerprint density at radius 2 is 1.97 bits per heavy atom. The normalized spacial score (nSPS) is 11.0. The van der Waals surface area contributed by atoms with Gasteiger partial charge in [-0.15, -0.1) is 0 Å². The van der Waals surface area contributed by atoms with Crippen molar-refractivity contribution in [1.29, 1.82) is 0 Å². The van der Waals surface area contributed by atoms with E-state index in [2.05, 4.69) is 26.5 Å². The van der Waals surface area contributed by atoms with Crippen LogP contribution in [-0.4, -0.2) is 24.7 Å². The first-order valence-electron chi connectivity index (χ1n) is 9.24. The first kappa shape index (κ1) is 22.0. The van der Waals surface area contributed by atoms with E-state index >= 15 is 0 Å². The van der Waals surface area contributed by atoms with Crippen molar-refractivity contribution in [3.8, 4) is 11.5 Å². The minimum atomic E-state index is -0.523. The van der Waals surface area contributed by atoms with Crippen LogP contribution in [0.3, 0.4) is 0 Å². The Morgan fingerprint density at radius 3 is 2.68 bits per heavy atom. The third kappa shape index (κ3) is 7.27. The van der Waals surface area contributed by atoms with E-state index in [0.717, 1.165) is 10.0 Å². The predicted molar refractivity (Wildman–Crippen MR) is 120 cm³/mol. The third-order valence-electron chi connectivity index (χ3n) is 3.87. The number of carbonyl (C=O) groups is 2. The smallest absolute Gasteiger partial charge is 0.336 e. The van der Waals surface area contributed by atoms with E-state index in [0.29, 0.717) is 22.8 Å². The number of carbonyl (C=O) groups excluding carboxylic acids is 2. The van der Waals surface area contributed by atoms with Crippen LogP contribution in [0, 0.1) is 6.92 Å². The minimum Gasteiger partial charge on any atom is -0.483 e. The summed E-state index contributed by atoms with van der Waals surface area (Å²) in [4.78, 5) is 23.7. The molecule has 31 heavy (non-hydrogen) atoms. The molecule has 0 fully saturated rings. The molecule has 0 saturated carbocycles. The number of aryl methyl sites for hydroxylation is 1. The highest BCUT2D eigenvalue weighted by Gasteiger charge is 2.05. The summed E-state index contributed by atoms with van der Waals surface area (Å²) in [7, 11) is 0. The lowest BCUT2D eigenvalue weighted by molar-refractivity contribution is -0.129. The second-order valence-electron chi connectivity index (χ2n) is 6.35. The van der Waals surface area contributed by atoms with Crippen LogP contribution in [0.4, 0.5) is 0 Å². The zero-order valence-electron chi connectivity index (χ0n) is 16.6. The number of halogens is 1. The SMILES string of the molecule is Cc1ccc(OCC(=O)N/N=C/c2ccc(OC(=O)/C=C\c3ccco3)cc2)c(Br)c1. The lowest BCUT2D eigenvalue weighted by Crippen LogP contribution is -2.24. The number of furan rings is 1. The first-order valence-corrected chi connectivity index (χ1v) is 10.0. The van der Waals surface area contributed by atoms with Gasteiger partial charge in [-0.25, -0.2) is 10.2 Å². The van der Waals surface area contributed by atoms with Gasteiger partial charge in [0.1, 0.15) is 17.3 Å². The van der Waals surface area contributed by atoms with Crippen LogP contribution in [0.1, 0.15) is 16.9 Å². The predicted octanol–water partition coefficient (Wildman–Crippen LogP) is 4.50. The highest BCUT2D eigenvalue weighted by molar-refractivity contribution is 9.10. The molecule has 0 radical (unpaired) electrons. The Bertz CT molecular complexity index is 1090. The van der Waals surface area contributed by atoms with Crippen LogP contribution in [0.5, 0.6) is 11.5 Å². The monoisotopic (exact) mass is 482 g/mol. The molecule has 8 heteroatoms. The van der Waals surface area contributed by atoms with Crippen LogP contribution >= 0.6 is 15.9 Å². The molecule has 3 aromatic rings. The summed E-state index contributed by atoms with van der Waals surface area (Å²) < 4.78 is 16.5. The molecule has 0 aliphatic heterocycles. The molecule has 0 aliphatic carbocycles. The van der Waals surface area contributed by atoms with Crippen molar-refractivity contribution >= 4 is 40.1 Å². The van der Waals surface area contributed by atoms with Crippen molar-refractivity contribution in [2.75, 3.05) is 6.61 Å². The van der Waals surface area contributed by atoms with Gasteiger partial charge in [0.2, 0.25) is 0 Å². The Kier molecular flexibility index (Phi) is 7.78. The number of nitrogens with one attached hydrogen (secondary N) is 1. The first-order chi connectivity index (χ1) is 15.0. The zero-order chi connectivity index (χ0) is 22.1. The van der Waals surface area contributed by atoms with E-state index in [1.807, 2.05) is 19.1 Å². The fraction of sp³-hybridized carbons (Fsp3) is 0.0870. The zero-order valence-corrected chi connectivity index (χ0v) is 18.2. The number of hydrogen-bond donors (Lipinski definition) is 1. The molecular formula is C23H19BrN2O5. The molecule has 1 amide bonds. The number of amides is 1. The van der Waals surface area contributed by atoms with Crippen LogP contribution in [-0.2, 0) is 9.59 Å². The van der Waals surface area contributed by atoms with Gasteiger partial charge in [-0.1, -0.05) is 6.07 Å². The second-order valence-corrected chi connectivity index (χ2v) is 7.21. The van der Waals surface area contributed by atoms with E-state index in [-0.39, 0.29) is 6.61 Å². The molecule has 1 N–H and O–H groups in total. The number of benzene rings is 2. The molecule has 0 spiro atoms. The average Bonchev–Trinajstić information content (AvgIpc) is 3.27. The van der Waals surface area contributed by atoms with Crippen molar-refractivity contribution in [3.63, 3.8) is 0 Å². The van der Waals surface area contributed by atoms with Gasteiger partial charge in [-0.05, 0) is 88.6 Å².